The Labute approximate surface area is 138 Å². The quantitative estimate of drug-likeness (QED) is 0.791. The van der Waals surface area contributed by atoms with Crippen molar-refractivity contribution in [3.63, 3.8) is 0 Å². The second-order valence-electron chi connectivity index (χ2n) is 5.09. The van der Waals surface area contributed by atoms with Gasteiger partial charge in [-0.2, -0.15) is 13.9 Å². The number of rotatable bonds is 7. The summed E-state index contributed by atoms with van der Waals surface area (Å²) in [6.07, 6.45) is 4.90. The van der Waals surface area contributed by atoms with Crippen LogP contribution in [0.25, 0.3) is 6.08 Å². The maximum Gasteiger partial charge on any atom is 0.387 e. The number of benzene rings is 1. The molecule has 0 fully saturated rings. The minimum absolute atomic E-state index is 0.0787. The van der Waals surface area contributed by atoms with Crippen LogP contribution in [-0.2, 0) is 17.9 Å². The Kier molecular flexibility index (Phi) is 6.06. The van der Waals surface area contributed by atoms with E-state index in [1.54, 1.807) is 18.2 Å². The van der Waals surface area contributed by atoms with Gasteiger partial charge in [-0.15, -0.1) is 0 Å². The molecule has 128 valence electrons. The molecule has 0 saturated heterocycles. The molecule has 0 aliphatic heterocycles. The lowest BCUT2D eigenvalue weighted by atomic mass is 10.2. The van der Waals surface area contributed by atoms with Gasteiger partial charge in [-0.05, 0) is 37.6 Å². The highest BCUT2D eigenvalue weighted by Gasteiger charge is 2.05. The van der Waals surface area contributed by atoms with Gasteiger partial charge in [0, 0.05) is 30.9 Å². The van der Waals surface area contributed by atoms with Gasteiger partial charge in [-0.3, -0.25) is 9.48 Å². The number of aryl methyl sites for hydroxylation is 2. The molecule has 2 rings (SSSR count). The third kappa shape index (κ3) is 5.19. The lowest BCUT2D eigenvalue weighted by Crippen LogP contribution is -2.20. The molecule has 5 nitrogen and oxygen atoms in total. The van der Waals surface area contributed by atoms with Gasteiger partial charge < -0.3 is 10.1 Å². The minimum atomic E-state index is -2.85. The molecule has 0 aliphatic rings. The van der Waals surface area contributed by atoms with Crippen LogP contribution in [0.1, 0.15) is 23.7 Å². The zero-order chi connectivity index (χ0) is 17.5. The molecule has 1 amide bonds. The van der Waals surface area contributed by atoms with Gasteiger partial charge in [0.25, 0.3) is 0 Å². The SMILES string of the molecule is CCn1cc(CNC(=O)/C=C\c2ccc(OC(F)F)cc2)c(C)n1. The summed E-state index contributed by atoms with van der Waals surface area (Å²) in [5.41, 5.74) is 2.56. The smallest absolute Gasteiger partial charge is 0.387 e. The van der Waals surface area contributed by atoms with Crippen LogP contribution in [0, 0.1) is 6.92 Å². The number of hydrogen-bond donors (Lipinski definition) is 1. The average molecular weight is 335 g/mol. The zero-order valence-corrected chi connectivity index (χ0v) is 13.5. The summed E-state index contributed by atoms with van der Waals surface area (Å²) in [6, 6.07) is 6.03. The van der Waals surface area contributed by atoms with E-state index in [9.17, 15) is 13.6 Å². The lowest BCUT2D eigenvalue weighted by Gasteiger charge is -2.04. The van der Waals surface area contributed by atoms with Crippen molar-refractivity contribution in [3.8, 4) is 5.75 Å². The van der Waals surface area contributed by atoms with Crippen LogP contribution >= 0.6 is 0 Å². The van der Waals surface area contributed by atoms with Crippen LogP contribution in [0.15, 0.2) is 36.5 Å². The molecular weight excluding hydrogens is 316 g/mol. The summed E-state index contributed by atoms with van der Waals surface area (Å²) < 4.78 is 30.2. The Morgan fingerprint density at radius 3 is 2.67 bits per heavy atom. The van der Waals surface area contributed by atoms with Crippen molar-refractivity contribution >= 4 is 12.0 Å². The summed E-state index contributed by atoms with van der Waals surface area (Å²) in [7, 11) is 0. The summed E-state index contributed by atoms with van der Waals surface area (Å²) in [5, 5.41) is 7.09. The molecule has 0 saturated carbocycles. The third-order valence-corrected chi connectivity index (χ3v) is 3.36. The van der Waals surface area contributed by atoms with E-state index in [0.29, 0.717) is 12.1 Å². The molecule has 24 heavy (non-hydrogen) atoms. The van der Waals surface area contributed by atoms with Gasteiger partial charge in [0.1, 0.15) is 5.75 Å². The fourth-order valence-corrected chi connectivity index (χ4v) is 2.07. The number of nitrogens with zero attached hydrogens (tertiary/aromatic N) is 2. The van der Waals surface area contributed by atoms with Crippen LogP contribution in [0.4, 0.5) is 8.78 Å². The molecule has 2 aromatic rings. The first kappa shape index (κ1) is 17.7. The Hall–Kier alpha value is -2.70. The van der Waals surface area contributed by atoms with Gasteiger partial charge in [-0.25, -0.2) is 0 Å². The summed E-state index contributed by atoms with van der Waals surface area (Å²) in [4.78, 5) is 11.8. The summed E-state index contributed by atoms with van der Waals surface area (Å²) in [6.45, 7) is 2.22. The normalized spacial score (nSPS) is 11.2. The Morgan fingerprint density at radius 1 is 1.38 bits per heavy atom. The van der Waals surface area contributed by atoms with Crippen LogP contribution in [0.5, 0.6) is 5.75 Å². The molecule has 1 aromatic heterocycles. The second-order valence-corrected chi connectivity index (χ2v) is 5.09. The number of amides is 1. The van der Waals surface area contributed by atoms with Crippen molar-refractivity contribution in [1.82, 2.24) is 15.1 Å². The number of carbonyl (C=O) groups excluding carboxylic acids is 1. The molecule has 0 aliphatic carbocycles. The Balaban J connectivity index is 1.87. The first-order valence-corrected chi connectivity index (χ1v) is 7.51. The van der Waals surface area contributed by atoms with E-state index in [1.807, 2.05) is 24.7 Å². The fraction of sp³-hybridized carbons (Fsp3) is 0.294. The van der Waals surface area contributed by atoms with Crippen molar-refractivity contribution in [2.75, 3.05) is 0 Å². The monoisotopic (exact) mass is 335 g/mol. The highest BCUT2D eigenvalue weighted by atomic mass is 19.3. The number of ether oxygens (including phenoxy) is 1. The van der Waals surface area contributed by atoms with E-state index in [-0.39, 0.29) is 11.7 Å². The predicted molar refractivity (Wildman–Crippen MR) is 86.6 cm³/mol. The van der Waals surface area contributed by atoms with E-state index >= 15 is 0 Å². The molecule has 0 spiro atoms. The van der Waals surface area contributed by atoms with Crippen molar-refractivity contribution in [3.05, 3.63) is 53.4 Å². The van der Waals surface area contributed by atoms with E-state index in [4.69, 9.17) is 0 Å². The van der Waals surface area contributed by atoms with Gasteiger partial charge in [0.2, 0.25) is 5.91 Å². The van der Waals surface area contributed by atoms with E-state index in [2.05, 4.69) is 15.2 Å². The third-order valence-electron chi connectivity index (χ3n) is 3.36. The van der Waals surface area contributed by atoms with Crippen molar-refractivity contribution < 1.29 is 18.3 Å². The molecule has 0 bridgehead atoms. The van der Waals surface area contributed by atoms with Crippen molar-refractivity contribution in [1.29, 1.82) is 0 Å². The first-order chi connectivity index (χ1) is 11.5. The number of alkyl halides is 2. The van der Waals surface area contributed by atoms with E-state index < -0.39 is 6.61 Å². The van der Waals surface area contributed by atoms with Crippen LogP contribution < -0.4 is 10.1 Å². The molecular formula is C17H19F2N3O2. The Bertz CT molecular complexity index is 709. The maximum atomic E-state index is 12.1. The van der Waals surface area contributed by atoms with Gasteiger partial charge >= 0.3 is 6.61 Å². The van der Waals surface area contributed by atoms with E-state index in [0.717, 1.165) is 17.8 Å². The van der Waals surface area contributed by atoms with Gasteiger partial charge in [0.05, 0.1) is 5.69 Å². The Morgan fingerprint density at radius 2 is 2.08 bits per heavy atom. The van der Waals surface area contributed by atoms with Crippen LogP contribution in [0.2, 0.25) is 0 Å². The number of aromatic nitrogens is 2. The second kappa shape index (κ2) is 8.24. The lowest BCUT2D eigenvalue weighted by molar-refractivity contribution is -0.116. The van der Waals surface area contributed by atoms with Crippen molar-refractivity contribution in [2.24, 2.45) is 0 Å². The molecule has 7 heteroatoms. The fourth-order valence-electron chi connectivity index (χ4n) is 2.07. The van der Waals surface area contributed by atoms with Gasteiger partial charge in [0.15, 0.2) is 0 Å². The number of carbonyl (C=O) groups is 1. The zero-order valence-electron chi connectivity index (χ0n) is 13.5. The highest BCUT2D eigenvalue weighted by Crippen LogP contribution is 2.15. The largest absolute Gasteiger partial charge is 0.435 e. The molecule has 1 N–H and O–H groups in total. The summed E-state index contributed by atoms with van der Waals surface area (Å²) >= 11 is 0. The number of nitrogens with one attached hydrogen (secondary N) is 1. The molecule has 0 unspecified atom stereocenters. The predicted octanol–water partition coefficient (Wildman–Crippen LogP) is 3.14. The molecule has 1 heterocycles. The number of hydrogen-bond acceptors (Lipinski definition) is 3. The summed E-state index contributed by atoms with van der Waals surface area (Å²) in [5.74, 6) is -0.165. The average Bonchev–Trinajstić information content (AvgIpc) is 2.92. The van der Waals surface area contributed by atoms with Crippen molar-refractivity contribution in [2.45, 2.75) is 33.5 Å². The van der Waals surface area contributed by atoms with Gasteiger partial charge in [-0.1, -0.05) is 12.1 Å². The topological polar surface area (TPSA) is 56.2 Å². The van der Waals surface area contributed by atoms with Crippen LogP contribution in [0.3, 0.4) is 0 Å². The maximum absolute atomic E-state index is 12.1. The molecule has 1 aromatic carbocycles. The minimum Gasteiger partial charge on any atom is -0.435 e. The number of halogens is 2. The molecule has 0 atom stereocenters. The standard InChI is InChI=1S/C17H19F2N3O2/c1-3-22-11-14(12(2)21-22)10-20-16(23)9-6-13-4-7-15(8-5-13)24-17(18)19/h4-9,11,17H,3,10H2,1-2H3,(H,20,23)/b9-6-. The van der Waals surface area contributed by atoms with E-state index in [1.165, 1.54) is 18.2 Å². The highest BCUT2D eigenvalue weighted by molar-refractivity contribution is 5.91. The first-order valence-electron chi connectivity index (χ1n) is 7.51. The van der Waals surface area contributed by atoms with Crippen LogP contribution in [-0.4, -0.2) is 22.3 Å². The molecule has 0 radical (unpaired) electrons.